The van der Waals surface area contributed by atoms with Gasteiger partial charge in [-0.2, -0.15) is 0 Å². The zero-order valence-corrected chi connectivity index (χ0v) is 20.2. The molecule has 1 aromatic carbocycles. The third-order valence-corrected chi connectivity index (χ3v) is 7.44. The van der Waals surface area contributed by atoms with Crippen molar-refractivity contribution >= 4 is 22.8 Å². The predicted octanol–water partition coefficient (Wildman–Crippen LogP) is 2.70. The van der Waals surface area contributed by atoms with Crippen molar-refractivity contribution in [2.75, 3.05) is 19.6 Å². The van der Waals surface area contributed by atoms with E-state index in [1.165, 1.54) is 6.07 Å². The molecule has 2 fully saturated rings. The number of nitrogens with one attached hydrogen (secondary N) is 1. The molecule has 0 radical (unpaired) electrons. The number of carbonyl (C=O) groups excluding carboxylic acids is 2. The van der Waals surface area contributed by atoms with Gasteiger partial charge in [-0.25, -0.2) is 4.79 Å². The van der Waals surface area contributed by atoms with Crippen LogP contribution in [0.3, 0.4) is 0 Å². The van der Waals surface area contributed by atoms with Crippen LogP contribution < -0.4 is 15.7 Å². The van der Waals surface area contributed by atoms with Gasteiger partial charge in [-0.3, -0.25) is 9.59 Å². The number of likely N-dealkylation sites (tertiary alicyclic amines) is 1. The summed E-state index contributed by atoms with van der Waals surface area (Å²) in [5.41, 5.74) is 0.939. The smallest absolute Gasteiger partial charge is 0.336 e. The summed E-state index contributed by atoms with van der Waals surface area (Å²) in [7, 11) is 0. The maximum absolute atomic E-state index is 12.7. The van der Waals surface area contributed by atoms with Gasteiger partial charge < -0.3 is 24.5 Å². The van der Waals surface area contributed by atoms with Crippen LogP contribution in [0.4, 0.5) is 0 Å². The fourth-order valence-corrected chi connectivity index (χ4v) is 5.29. The number of benzene rings is 1. The van der Waals surface area contributed by atoms with Crippen LogP contribution in [0.15, 0.2) is 27.4 Å². The summed E-state index contributed by atoms with van der Waals surface area (Å²) in [6.45, 7) is 6.32. The molecule has 184 valence electrons. The first-order valence-corrected chi connectivity index (χ1v) is 12.2. The SMILES string of the molecule is CCc1cc(=O)oc2c(C)c(O[C@H](C)C(=O)NCC(=O)N3CC[C@]4(O)CCCC[C@H]4C3)ccc12. The molecule has 1 saturated heterocycles. The third-order valence-electron chi connectivity index (χ3n) is 7.44. The van der Waals surface area contributed by atoms with E-state index < -0.39 is 23.2 Å². The molecule has 0 bridgehead atoms. The molecule has 34 heavy (non-hydrogen) atoms. The average molecular weight is 471 g/mol. The van der Waals surface area contributed by atoms with E-state index in [1.54, 1.807) is 24.8 Å². The van der Waals surface area contributed by atoms with Crippen LogP contribution in [0, 0.1) is 12.8 Å². The number of carbonyl (C=O) groups is 2. The monoisotopic (exact) mass is 470 g/mol. The number of rotatable bonds is 6. The molecule has 3 atom stereocenters. The molecule has 4 rings (SSSR count). The van der Waals surface area contributed by atoms with Crippen LogP contribution in [-0.4, -0.2) is 53.2 Å². The Morgan fingerprint density at radius 1 is 1.32 bits per heavy atom. The van der Waals surface area contributed by atoms with E-state index in [-0.39, 0.29) is 18.4 Å². The van der Waals surface area contributed by atoms with Gasteiger partial charge in [0.25, 0.3) is 5.91 Å². The molecule has 2 heterocycles. The standard InChI is InChI=1S/C26H34N2O6/c1-4-18-13-23(30)34-24-16(2)21(9-8-20(18)24)33-17(3)25(31)27-14-22(29)28-12-11-26(32)10-6-5-7-19(26)15-28/h8-9,13,17,19,32H,4-7,10-12,14-15H2,1-3H3,(H,27,31)/t17-,19+,26-/m1/s1. The predicted molar refractivity (Wildman–Crippen MR) is 128 cm³/mol. The summed E-state index contributed by atoms with van der Waals surface area (Å²) < 4.78 is 11.3. The van der Waals surface area contributed by atoms with E-state index in [0.717, 1.165) is 36.6 Å². The van der Waals surface area contributed by atoms with Gasteiger partial charge in [0.05, 0.1) is 12.1 Å². The van der Waals surface area contributed by atoms with Crippen LogP contribution in [0.1, 0.15) is 57.1 Å². The molecule has 2 aliphatic rings. The van der Waals surface area contributed by atoms with Gasteiger partial charge in [-0.05, 0) is 57.2 Å². The minimum absolute atomic E-state index is 0.108. The first kappa shape index (κ1) is 24.3. The van der Waals surface area contributed by atoms with Crippen molar-refractivity contribution in [1.82, 2.24) is 10.2 Å². The Balaban J connectivity index is 1.35. The second kappa shape index (κ2) is 9.78. The molecule has 1 aliphatic carbocycles. The highest BCUT2D eigenvalue weighted by Gasteiger charge is 2.43. The van der Waals surface area contributed by atoms with Gasteiger partial charge in [0.1, 0.15) is 11.3 Å². The van der Waals surface area contributed by atoms with Crippen LogP contribution in [0.2, 0.25) is 0 Å². The molecule has 8 heteroatoms. The number of ether oxygens (including phenoxy) is 1. The molecule has 1 aliphatic heterocycles. The number of fused-ring (bicyclic) bond motifs is 2. The largest absolute Gasteiger partial charge is 0.480 e. The maximum atomic E-state index is 12.7. The summed E-state index contributed by atoms with van der Waals surface area (Å²) in [5.74, 6) is 0.0123. The Bertz CT molecular complexity index is 1140. The maximum Gasteiger partial charge on any atom is 0.336 e. The molecule has 0 unspecified atom stereocenters. The summed E-state index contributed by atoms with van der Waals surface area (Å²) in [5, 5.41) is 14.3. The lowest BCUT2D eigenvalue weighted by molar-refractivity contribution is -0.144. The highest BCUT2D eigenvalue weighted by Crippen LogP contribution is 2.39. The lowest BCUT2D eigenvalue weighted by atomic mass is 9.71. The number of aliphatic hydroxyl groups is 1. The highest BCUT2D eigenvalue weighted by atomic mass is 16.5. The first-order valence-electron chi connectivity index (χ1n) is 12.2. The molecule has 2 N–H and O–H groups in total. The molecule has 2 aromatic rings. The Morgan fingerprint density at radius 3 is 2.88 bits per heavy atom. The lowest BCUT2D eigenvalue weighted by Crippen LogP contribution is -2.56. The Labute approximate surface area is 199 Å². The van der Waals surface area contributed by atoms with E-state index >= 15 is 0 Å². The fourth-order valence-electron chi connectivity index (χ4n) is 5.29. The number of aryl methyl sites for hydroxylation is 2. The van der Waals surface area contributed by atoms with Gasteiger partial charge in [-0.1, -0.05) is 19.8 Å². The Hall–Kier alpha value is -2.87. The second-order valence-corrected chi connectivity index (χ2v) is 9.62. The fraction of sp³-hybridized carbons (Fsp3) is 0.577. The molecular formula is C26H34N2O6. The second-order valence-electron chi connectivity index (χ2n) is 9.62. The van der Waals surface area contributed by atoms with Crippen molar-refractivity contribution < 1.29 is 23.8 Å². The van der Waals surface area contributed by atoms with Gasteiger partial charge >= 0.3 is 5.63 Å². The Morgan fingerprint density at radius 2 is 2.12 bits per heavy atom. The van der Waals surface area contributed by atoms with Gasteiger partial charge in [-0.15, -0.1) is 0 Å². The van der Waals surface area contributed by atoms with Crippen LogP contribution in [-0.2, 0) is 16.0 Å². The number of hydrogen-bond acceptors (Lipinski definition) is 6. The molecule has 0 spiro atoms. The molecule has 8 nitrogen and oxygen atoms in total. The summed E-state index contributed by atoms with van der Waals surface area (Å²) in [4.78, 5) is 39.0. The normalized spacial score (nSPS) is 23.3. The minimum Gasteiger partial charge on any atom is -0.480 e. The van der Waals surface area contributed by atoms with Crippen molar-refractivity contribution in [3.8, 4) is 5.75 Å². The van der Waals surface area contributed by atoms with E-state index in [2.05, 4.69) is 5.32 Å². The quantitative estimate of drug-likeness (QED) is 0.629. The summed E-state index contributed by atoms with van der Waals surface area (Å²) >= 11 is 0. The Kier molecular flexibility index (Phi) is 6.98. The van der Waals surface area contributed by atoms with Crippen LogP contribution in [0.25, 0.3) is 11.0 Å². The third kappa shape index (κ3) is 4.82. The van der Waals surface area contributed by atoms with Crippen molar-refractivity contribution in [1.29, 1.82) is 0 Å². The average Bonchev–Trinajstić information content (AvgIpc) is 2.83. The van der Waals surface area contributed by atoms with E-state index in [4.69, 9.17) is 9.15 Å². The van der Waals surface area contributed by atoms with Gasteiger partial charge in [0.15, 0.2) is 6.10 Å². The summed E-state index contributed by atoms with van der Waals surface area (Å²) in [6.07, 6.45) is 4.31. The number of amides is 2. The van der Waals surface area contributed by atoms with Crippen molar-refractivity contribution in [3.05, 3.63) is 39.7 Å². The lowest BCUT2D eigenvalue weighted by Gasteiger charge is -2.47. The zero-order chi connectivity index (χ0) is 24.5. The van der Waals surface area contributed by atoms with Gasteiger partial charge in [0, 0.05) is 36.0 Å². The van der Waals surface area contributed by atoms with E-state index in [1.807, 2.05) is 13.0 Å². The van der Waals surface area contributed by atoms with Gasteiger partial charge in [0.2, 0.25) is 5.91 Å². The number of piperidine rings is 1. The first-order chi connectivity index (χ1) is 16.2. The molecule has 2 amide bonds. The van der Waals surface area contributed by atoms with E-state index in [0.29, 0.717) is 42.8 Å². The number of nitrogens with zero attached hydrogens (tertiary/aromatic N) is 1. The molecule has 1 saturated carbocycles. The van der Waals surface area contributed by atoms with Crippen LogP contribution in [0.5, 0.6) is 5.75 Å². The molecular weight excluding hydrogens is 436 g/mol. The van der Waals surface area contributed by atoms with Crippen molar-refractivity contribution in [2.24, 2.45) is 5.92 Å². The zero-order valence-electron chi connectivity index (χ0n) is 20.2. The van der Waals surface area contributed by atoms with Crippen molar-refractivity contribution in [3.63, 3.8) is 0 Å². The highest BCUT2D eigenvalue weighted by molar-refractivity contribution is 5.88. The minimum atomic E-state index is -0.838. The van der Waals surface area contributed by atoms with E-state index in [9.17, 15) is 19.5 Å². The van der Waals surface area contributed by atoms with Crippen LogP contribution >= 0.6 is 0 Å². The topological polar surface area (TPSA) is 109 Å². The van der Waals surface area contributed by atoms with Crippen molar-refractivity contribution in [2.45, 2.75) is 71.0 Å². The number of hydrogen-bond donors (Lipinski definition) is 2. The summed E-state index contributed by atoms with van der Waals surface area (Å²) in [6, 6.07) is 5.09. The molecule has 1 aromatic heterocycles.